The number of unbranched alkanes of at least 4 members (excludes halogenated alkanes) is 13. The zero-order valence-electron chi connectivity index (χ0n) is 35.6. The number of rotatable bonds is 29. The number of hydrogen-bond acceptors (Lipinski definition) is 7. The Balaban J connectivity index is 1.42. The van der Waals surface area contributed by atoms with E-state index in [4.69, 9.17) is 14.7 Å². The summed E-state index contributed by atoms with van der Waals surface area (Å²) in [4.78, 5) is 26.5. The van der Waals surface area contributed by atoms with E-state index in [-0.39, 0.29) is 30.6 Å². The summed E-state index contributed by atoms with van der Waals surface area (Å²) in [5.74, 6) is -0.363. The lowest BCUT2D eigenvalue weighted by molar-refractivity contribution is -0.253. The van der Waals surface area contributed by atoms with E-state index in [1.54, 1.807) is 5.48 Å². The van der Waals surface area contributed by atoms with Crippen LogP contribution < -0.4 is 10.8 Å². The molecule has 4 rings (SSSR count). The molecule has 4 N–H and O–H groups in total. The number of ether oxygens (including phenoxy) is 2. The molecule has 2 amide bonds. The molecule has 1 saturated heterocycles. The van der Waals surface area contributed by atoms with E-state index in [0.717, 1.165) is 78.7 Å². The van der Waals surface area contributed by atoms with E-state index < -0.39 is 6.29 Å². The number of hydroxylamine groups is 1. The van der Waals surface area contributed by atoms with Crippen LogP contribution in [0.5, 0.6) is 0 Å². The quantitative estimate of drug-likeness (QED) is 0.0313. The van der Waals surface area contributed by atoms with Crippen molar-refractivity contribution >= 4 is 11.8 Å². The highest BCUT2D eigenvalue weighted by Gasteiger charge is 2.33. The van der Waals surface area contributed by atoms with Gasteiger partial charge in [0.25, 0.3) is 0 Å². The summed E-state index contributed by atoms with van der Waals surface area (Å²) in [6, 6.07) is 24.8. The molecule has 0 bridgehead atoms. The minimum Gasteiger partial charge on any atom is -0.392 e. The zero-order chi connectivity index (χ0) is 41.2. The second-order valence-electron chi connectivity index (χ2n) is 16.2. The summed E-state index contributed by atoms with van der Waals surface area (Å²) in [7, 11) is 0. The SMILES string of the molecule is CCCCCCCCN(CCCCCCCC)C[C@@H]1C[C@H](c2ccc(CO)cc2)O[C@H](c2ccc(-c3ccccc3CNC(=O)CCCCCCC(=O)NO)cc2)O1. The zero-order valence-corrected chi connectivity index (χ0v) is 35.6. The van der Waals surface area contributed by atoms with Gasteiger partial charge in [-0.3, -0.25) is 14.8 Å². The Morgan fingerprint density at radius 1 is 0.672 bits per heavy atom. The second-order valence-corrected chi connectivity index (χ2v) is 16.2. The van der Waals surface area contributed by atoms with Gasteiger partial charge in [0, 0.05) is 37.9 Å². The molecule has 3 aromatic carbocycles. The number of nitrogens with zero attached hydrogens (tertiary/aromatic N) is 1. The Bertz CT molecular complexity index is 1550. The van der Waals surface area contributed by atoms with E-state index >= 15 is 0 Å². The molecule has 0 aliphatic carbocycles. The molecule has 1 fully saturated rings. The highest BCUT2D eigenvalue weighted by atomic mass is 16.7. The minimum absolute atomic E-state index is 0.0115. The maximum Gasteiger partial charge on any atom is 0.243 e. The molecule has 1 aliphatic rings. The Labute approximate surface area is 349 Å². The molecule has 3 atom stereocenters. The molecule has 9 heteroatoms. The van der Waals surface area contributed by atoms with Crippen LogP contribution in [0.3, 0.4) is 0 Å². The van der Waals surface area contributed by atoms with Crippen molar-refractivity contribution in [2.45, 2.75) is 167 Å². The van der Waals surface area contributed by atoms with Gasteiger partial charge in [0.15, 0.2) is 6.29 Å². The van der Waals surface area contributed by atoms with Crippen LogP contribution in [-0.4, -0.2) is 52.8 Å². The normalized spacial score (nSPS) is 16.7. The fourth-order valence-electron chi connectivity index (χ4n) is 7.89. The van der Waals surface area contributed by atoms with E-state index in [2.05, 4.69) is 72.6 Å². The first-order valence-corrected chi connectivity index (χ1v) is 22.5. The van der Waals surface area contributed by atoms with Crippen LogP contribution in [0.15, 0.2) is 72.8 Å². The number of carbonyl (C=O) groups excluding carboxylic acids is 2. The van der Waals surface area contributed by atoms with E-state index in [1.165, 1.54) is 77.0 Å². The number of nitrogens with one attached hydrogen (secondary N) is 2. The van der Waals surface area contributed by atoms with Crippen molar-refractivity contribution in [3.05, 3.63) is 95.1 Å². The lowest BCUT2D eigenvalue weighted by Crippen LogP contribution is -2.40. The van der Waals surface area contributed by atoms with E-state index in [0.29, 0.717) is 25.8 Å². The Hall–Kier alpha value is -3.60. The van der Waals surface area contributed by atoms with Crippen molar-refractivity contribution in [3.8, 4) is 11.1 Å². The fourth-order valence-corrected chi connectivity index (χ4v) is 7.89. The van der Waals surface area contributed by atoms with Gasteiger partial charge in [-0.1, -0.05) is 164 Å². The molecule has 1 heterocycles. The third-order valence-corrected chi connectivity index (χ3v) is 11.4. The van der Waals surface area contributed by atoms with Crippen molar-refractivity contribution in [2.24, 2.45) is 0 Å². The molecule has 0 aromatic heterocycles. The van der Waals surface area contributed by atoms with Crippen LogP contribution in [0.25, 0.3) is 11.1 Å². The van der Waals surface area contributed by atoms with Crippen LogP contribution in [0, 0.1) is 0 Å². The summed E-state index contributed by atoms with van der Waals surface area (Å²) >= 11 is 0. The maximum absolute atomic E-state index is 12.7. The third-order valence-electron chi connectivity index (χ3n) is 11.4. The molecular weight excluding hydrogens is 727 g/mol. The van der Waals surface area contributed by atoms with Crippen LogP contribution in [-0.2, 0) is 32.2 Å². The lowest BCUT2D eigenvalue weighted by Gasteiger charge is -2.38. The van der Waals surface area contributed by atoms with Crippen LogP contribution in [0.4, 0.5) is 0 Å². The van der Waals surface area contributed by atoms with Crippen LogP contribution in [0.2, 0.25) is 0 Å². The van der Waals surface area contributed by atoms with Gasteiger partial charge in [-0.2, -0.15) is 0 Å². The summed E-state index contributed by atoms with van der Waals surface area (Å²) in [6.45, 7) is 8.09. The highest BCUT2D eigenvalue weighted by molar-refractivity contribution is 5.76. The highest BCUT2D eigenvalue weighted by Crippen LogP contribution is 2.39. The van der Waals surface area contributed by atoms with Crippen molar-refractivity contribution < 1.29 is 29.4 Å². The summed E-state index contributed by atoms with van der Waals surface area (Å²) in [5, 5.41) is 21.4. The van der Waals surface area contributed by atoms with Gasteiger partial charge in [-0.15, -0.1) is 0 Å². The first kappa shape index (κ1) is 47.1. The third kappa shape index (κ3) is 17.3. The fraction of sp³-hybridized carbons (Fsp3) is 0.592. The number of amides is 2. The Morgan fingerprint density at radius 2 is 1.24 bits per heavy atom. The first-order valence-electron chi connectivity index (χ1n) is 22.5. The number of benzene rings is 3. The van der Waals surface area contributed by atoms with Crippen molar-refractivity contribution in [2.75, 3.05) is 19.6 Å². The number of aliphatic hydroxyl groups is 1. The first-order chi connectivity index (χ1) is 28.4. The van der Waals surface area contributed by atoms with Crippen molar-refractivity contribution in [1.29, 1.82) is 0 Å². The average molecular weight is 800 g/mol. The molecular formula is C49H73N3O6. The van der Waals surface area contributed by atoms with Gasteiger partial charge in [-0.25, -0.2) is 5.48 Å². The largest absolute Gasteiger partial charge is 0.392 e. The molecule has 0 unspecified atom stereocenters. The van der Waals surface area contributed by atoms with Gasteiger partial charge in [0.05, 0.1) is 18.8 Å². The topological polar surface area (TPSA) is 120 Å². The molecule has 9 nitrogen and oxygen atoms in total. The molecule has 1 aliphatic heterocycles. The molecule has 0 spiro atoms. The molecule has 58 heavy (non-hydrogen) atoms. The Morgan fingerprint density at radius 3 is 1.86 bits per heavy atom. The van der Waals surface area contributed by atoms with E-state index in [9.17, 15) is 14.7 Å². The summed E-state index contributed by atoms with van der Waals surface area (Å²) < 4.78 is 13.6. The minimum atomic E-state index is -0.512. The van der Waals surface area contributed by atoms with Gasteiger partial charge in [-0.05, 0) is 66.6 Å². The van der Waals surface area contributed by atoms with Gasteiger partial charge >= 0.3 is 0 Å². The molecule has 0 radical (unpaired) electrons. The summed E-state index contributed by atoms with van der Waals surface area (Å²) in [5.41, 5.74) is 7.81. The lowest BCUT2D eigenvalue weighted by atomic mass is 9.97. The number of carbonyl (C=O) groups is 2. The van der Waals surface area contributed by atoms with Crippen molar-refractivity contribution in [3.63, 3.8) is 0 Å². The summed E-state index contributed by atoms with van der Waals surface area (Å²) in [6.07, 6.45) is 19.5. The van der Waals surface area contributed by atoms with Gasteiger partial charge in [0.2, 0.25) is 11.8 Å². The average Bonchev–Trinajstić information content (AvgIpc) is 3.26. The van der Waals surface area contributed by atoms with Crippen molar-refractivity contribution in [1.82, 2.24) is 15.7 Å². The maximum atomic E-state index is 12.7. The second kappa shape index (κ2) is 28.0. The monoisotopic (exact) mass is 800 g/mol. The van der Waals surface area contributed by atoms with Crippen LogP contribution >= 0.6 is 0 Å². The van der Waals surface area contributed by atoms with Crippen LogP contribution in [0.1, 0.15) is 170 Å². The number of aliphatic hydroxyl groups excluding tert-OH is 1. The van der Waals surface area contributed by atoms with Gasteiger partial charge < -0.3 is 24.8 Å². The predicted octanol–water partition coefficient (Wildman–Crippen LogP) is 10.9. The molecule has 3 aromatic rings. The smallest absolute Gasteiger partial charge is 0.243 e. The number of hydrogen-bond donors (Lipinski definition) is 4. The van der Waals surface area contributed by atoms with E-state index in [1.807, 2.05) is 24.3 Å². The Kier molecular flexibility index (Phi) is 22.7. The standard InChI is InChI=1S/C49H73N3O6/c1-3-5-7-9-13-19-33-52(34-20-14-10-8-6-4-2)37-44-35-46(41-27-25-39(38-53)26-28-41)58-49(57-44)42-31-29-40(30-32-42)45-22-18-17-21-43(45)36-50-47(54)23-15-11-12-16-24-48(55)51-56/h17-18,21-22,25-32,44,46,49,53,56H,3-16,19-20,23-24,33-38H2,1-2H3,(H,50,54)(H,51,55)/t44-,46+,49+/m0/s1. The predicted molar refractivity (Wildman–Crippen MR) is 233 cm³/mol. The molecule has 0 saturated carbocycles. The molecule has 320 valence electrons. The van der Waals surface area contributed by atoms with Gasteiger partial charge in [0.1, 0.15) is 0 Å².